The highest BCUT2D eigenvalue weighted by Crippen LogP contribution is 2.35. The molecule has 1 N–H and O–H groups in total. The third kappa shape index (κ3) is 2.11. The van der Waals surface area contributed by atoms with Gasteiger partial charge in [0.1, 0.15) is 11.3 Å². The monoisotopic (exact) mass is 311 g/mol. The van der Waals surface area contributed by atoms with Crippen molar-refractivity contribution >= 4 is 21.9 Å². The summed E-state index contributed by atoms with van der Waals surface area (Å²) in [6.45, 7) is 1.58. The van der Waals surface area contributed by atoms with Crippen molar-refractivity contribution in [1.82, 2.24) is 5.16 Å². The molecular weight excluding hydrogens is 302 g/mol. The van der Waals surface area contributed by atoms with Gasteiger partial charge in [-0.25, -0.2) is 4.79 Å². The lowest BCUT2D eigenvalue weighted by molar-refractivity contribution is 0.0696. The van der Waals surface area contributed by atoms with Gasteiger partial charge in [-0.3, -0.25) is 0 Å². The Kier molecular flexibility index (Phi) is 3.38. The van der Waals surface area contributed by atoms with E-state index < -0.39 is 5.97 Å². The summed E-state index contributed by atoms with van der Waals surface area (Å²) in [5, 5.41) is 12.9. The molecule has 0 bridgehead atoms. The van der Waals surface area contributed by atoms with Crippen LogP contribution < -0.4 is 4.74 Å². The Morgan fingerprint density at radius 1 is 1.50 bits per heavy atom. The van der Waals surface area contributed by atoms with Crippen LogP contribution in [0, 0.1) is 6.92 Å². The van der Waals surface area contributed by atoms with E-state index in [-0.39, 0.29) is 11.3 Å². The van der Waals surface area contributed by atoms with Crippen molar-refractivity contribution in [3.63, 3.8) is 0 Å². The minimum Gasteiger partial charge on any atom is -0.496 e. The van der Waals surface area contributed by atoms with Gasteiger partial charge in [0.15, 0.2) is 5.76 Å². The van der Waals surface area contributed by atoms with Crippen LogP contribution in [0.15, 0.2) is 27.2 Å². The Balaban J connectivity index is 2.69. The number of aromatic nitrogens is 1. The van der Waals surface area contributed by atoms with Crippen LogP contribution in [0.3, 0.4) is 0 Å². The maximum absolute atomic E-state index is 11.2. The SMILES string of the molecule is COc1ccc(Br)cc1-c1onc(C)c1C(=O)O. The van der Waals surface area contributed by atoms with Gasteiger partial charge >= 0.3 is 5.97 Å². The number of rotatable bonds is 3. The van der Waals surface area contributed by atoms with E-state index in [1.807, 2.05) is 0 Å². The molecule has 0 spiro atoms. The maximum atomic E-state index is 11.2. The number of nitrogens with zero attached hydrogens (tertiary/aromatic N) is 1. The number of benzene rings is 1. The topological polar surface area (TPSA) is 72.6 Å². The Bertz CT molecular complexity index is 606. The van der Waals surface area contributed by atoms with Crippen molar-refractivity contribution in [2.75, 3.05) is 7.11 Å². The van der Waals surface area contributed by atoms with Crippen LogP contribution in [0.1, 0.15) is 16.1 Å². The van der Waals surface area contributed by atoms with Gasteiger partial charge in [-0.05, 0) is 25.1 Å². The summed E-state index contributed by atoms with van der Waals surface area (Å²) >= 11 is 3.33. The van der Waals surface area contributed by atoms with Crippen LogP contribution in [0.4, 0.5) is 0 Å². The van der Waals surface area contributed by atoms with Gasteiger partial charge < -0.3 is 14.4 Å². The van der Waals surface area contributed by atoms with Crippen molar-refractivity contribution in [2.45, 2.75) is 6.92 Å². The maximum Gasteiger partial charge on any atom is 0.341 e. The van der Waals surface area contributed by atoms with Gasteiger partial charge in [-0.15, -0.1) is 0 Å². The molecule has 2 aromatic rings. The van der Waals surface area contributed by atoms with Gasteiger partial charge in [0, 0.05) is 4.47 Å². The minimum absolute atomic E-state index is 0.0476. The summed E-state index contributed by atoms with van der Waals surface area (Å²) in [6, 6.07) is 5.25. The molecule has 94 valence electrons. The largest absolute Gasteiger partial charge is 0.496 e. The van der Waals surface area contributed by atoms with Gasteiger partial charge in [0.2, 0.25) is 0 Å². The van der Waals surface area contributed by atoms with Crippen LogP contribution in [0.25, 0.3) is 11.3 Å². The highest BCUT2D eigenvalue weighted by Gasteiger charge is 2.23. The second kappa shape index (κ2) is 4.81. The molecule has 0 saturated heterocycles. The number of halogens is 1. The van der Waals surface area contributed by atoms with E-state index in [0.717, 1.165) is 4.47 Å². The summed E-state index contributed by atoms with van der Waals surface area (Å²) in [5.74, 6) is -0.360. The van der Waals surface area contributed by atoms with E-state index in [4.69, 9.17) is 9.26 Å². The van der Waals surface area contributed by atoms with Gasteiger partial charge in [0.05, 0.1) is 18.4 Å². The lowest BCUT2D eigenvalue weighted by Crippen LogP contribution is -2.00. The lowest BCUT2D eigenvalue weighted by Gasteiger charge is -2.06. The number of carbonyl (C=O) groups is 1. The van der Waals surface area contributed by atoms with Crippen LogP contribution >= 0.6 is 15.9 Å². The number of aryl methyl sites for hydroxylation is 1. The summed E-state index contributed by atoms with van der Waals surface area (Å²) in [6.07, 6.45) is 0. The molecule has 2 rings (SSSR count). The number of ether oxygens (including phenoxy) is 1. The molecule has 0 atom stereocenters. The normalized spacial score (nSPS) is 10.4. The predicted molar refractivity (Wildman–Crippen MR) is 67.9 cm³/mol. The first-order chi connectivity index (χ1) is 8.54. The molecule has 0 aliphatic carbocycles. The molecular formula is C12H10BrNO4. The van der Waals surface area contributed by atoms with Crippen LogP contribution in [0.2, 0.25) is 0 Å². The van der Waals surface area contributed by atoms with E-state index >= 15 is 0 Å². The zero-order valence-electron chi connectivity index (χ0n) is 9.73. The van der Waals surface area contributed by atoms with E-state index in [2.05, 4.69) is 21.1 Å². The van der Waals surface area contributed by atoms with Crippen molar-refractivity contribution in [3.8, 4) is 17.1 Å². The summed E-state index contributed by atoms with van der Waals surface area (Å²) < 4.78 is 11.1. The zero-order chi connectivity index (χ0) is 13.3. The van der Waals surface area contributed by atoms with E-state index in [0.29, 0.717) is 17.0 Å². The zero-order valence-corrected chi connectivity index (χ0v) is 11.3. The second-order valence-electron chi connectivity index (χ2n) is 3.62. The van der Waals surface area contributed by atoms with Crippen LogP contribution in [0.5, 0.6) is 5.75 Å². The third-order valence-electron chi connectivity index (χ3n) is 2.48. The minimum atomic E-state index is -1.08. The number of carboxylic acid groups (broad SMARTS) is 1. The molecule has 0 fully saturated rings. The molecule has 18 heavy (non-hydrogen) atoms. The first kappa shape index (κ1) is 12.6. The van der Waals surface area contributed by atoms with Crippen molar-refractivity contribution < 1.29 is 19.2 Å². The molecule has 0 aliphatic rings. The summed E-state index contributed by atoms with van der Waals surface area (Å²) in [5.41, 5.74) is 0.927. The van der Waals surface area contributed by atoms with E-state index in [1.54, 1.807) is 25.1 Å². The molecule has 0 amide bonds. The van der Waals surface area contributed by atoms with E-state index in [1.165, 1.54) is 7.11 Å². The first-order valence-corrected chi connectivity index (χ1v) is 5.87. The number of aromatic carboxylic acids is 1. The van der Waals surface area contributed by atoms with Crippen molar-refractivity contribution in [3.05, 3.63) is 33.9 Å². The third-order valence-corrected chi connectivity index (χ3v) is 2.98. The first-order valence-electron chi connectivity index (χ1n) is 5.08. The average Bonchev–Trinajstić information content (AvgIpc) is 2.71. The van der Waals surface area contributed by atoms with Gasteiger partial charge in [0.25, 0.3) is 0 Å². The highest BCUT2D eigenvalue weighted by atomic mass is 79.9. The molecule has 0 radical (unpaired) electrons. The lowest BCUT2D eigenvalue weighted by atomic mass is 10.1. The summed E-state index contributed by atoms with van der Waals surface area (Å²) in [4.78, 5) is 11.2. The average molecular weight is 312 g/mol. The van der Waals surface area contributed by atoms with Crippen molar-refractivity contribution in [2.24, 2.45) is 0 Å². The fourth-order valence-electron chi connectivity index (χ4n) is 1.66. The molecule has 1 heterocycles. The number of hydrogen-bond donors (Lipinski definition) is 1. The van der Waals surface area contributed by atoms with Gasteiger partial charge in [-0.2, -0.15) is 0 Å². The van der Waals surface area contributed by atoms with Crippen molar-refractivity contribution in [1.29, 1.82) is 0 Å². The Hall–Kier alpha value is -1.82. The molecule has 6 heteroatoms. The van der Waals surface area contributed by atoms with Gasteiger partial charge in [-0.1, -0.05) is 21.1 Å². The number of methoxy groups -OCH3 is 1. The molecule has 1 aromatic carbocycles. The fraction of sp³-hybridized carbons (Fsp3) is 0.167. The smallest absolute Gasteiger partial charge is 0.341 e. The molecule has 0 aliphatic heterocycles. The second-order valence-corrected chi connectivity index (χ2v) is 4.54. The number of hydrogen-bond acceptors (Lipinski definition) is 4. The Labute approximate surface area is 111 Å². The number of carboxylic acids is 1. The molecule has 0 saturated carbocycles. The standard InChI is InChI=1S/C12H10BrNO4/c1-6-10(12(15)16)11(18-14-6)8-5-7(13)3-4-9(8)17-2/h3-5H,1-2H3,(H,15,16). The van der Waals surface area contributed by atoms with E-state index in [9.17, 15) is 9.90 Å². The predicted octanol–water partition coefficient (Wildman–Crippen LogP) is 3.12. The highest BCUT2D eigenvalue weighted by molar-refractivity contribution is 9.10. The molecule has 5 nitrogen and oxygen atoms in total. The molecule has 0 unspecified atom stereocenters. The fourth-order valence-corrected chi connectivity index (χ4v) is 2.02. The quantitative estimate of drug-likeness (QED) is 0.942. The Morgan fingerprint density at radius 3 is 2.83 bits per heavy atom. The summed E-state index contributed by atoms with van der Waals surface area (Å²) in [7, 11) is 1.51. The van der Waals surface area contributed by atoms with Crippen LogP contribution in [-0.2, 0) is 0 Å². The molecule has 1 aromatic heterocycles. The van der Waals surface area contributed by atoms with Crippen LogP contribution in [-0.4, -0.2) is 23.3 Å². The Morgan fingerprint density at radius 2 is 2.22 bits per heavy atom.